The molecule has 0 amide bonds. The van der Waals surface area contributed by atoms with E-state index in [-0.39, 0.29) is 118 Å². The van der Waals surface area contributed by atoms with Crippen molar-refractivity contribution in [3.8, 4) is 91.2 Å². The zero-order valence-electron chi connectivity index (χ0n) is 29.5. The highest BCUT2D eigenvalue weighted by Crippen LogP contribution is 2.59. The molecule has 0 aliphatic carbocycles. The monoisotopic (exact) mass is 748 g/mol. The van der Waals surface area contributed by atoms with E-state index in [0.29, 0.717) is 22.4 Å². The zero-order valence-corrected chi connectivity index (χ0v) is 29.5. The predicted octanol–water partition coefficient (Wildman–Crippen LogP) is 4.61. The van der Waals surface area contributed by atoms with Crippen LogP contribution in [0.2, 0.25) is 0 Å². The van der Waals surface area contributed by atoms with Gasteiger partial charge < -0.3 is 71.4 Å². The van der Waals surface area contributed by atoms with Crippen LogP contribution < -0.4 is 56.8 Å². The molecule has 17 heteroatoms. The number of aliphatic hydroxyl groups excluding tert-OH is 1. The molecule has 0 saturated carbocycles. The summed E-state index contributed by atoms with van der Waals surface area (Å²) in [5, 5.41) is 10.5. The molecule has 4 aliphatic rings. The highest BCUT2D eigenvalue weighted by molar-refractivity contribution is 6.05. The van der Waals surface area contributed by atoms with Gasteiger partial charge in [0.2, 0.25) is 50.2 Å². The average Bonchev–Trinajstić information content (AvgIpc) is 4.05. The Kier molecular flexibility index (Phi) is 8.77. The number of benzene rings is 4. The fraction of sp³-hybridized carbons (Fsp3) is 0.297. The molecule has 0 saturated heterocycles. The number of rotatable bonds is 11. The Morgan fingerprint density at radius 1 is 0.500 bits per heavy atom. The molecule has 0 unspecified atom stereocenters. The van der Waals surface area contributed by atoms with Crippen LogP contribution in [0.1, 0.15) is 31.8 Å². The number of esters is 2. The van der Waals surface area contributed by atoms with Crippen molar-refractivity contribution in [3.63, 3.8) is 0 Å². The second-order valence-corrected chi connectivity index (χ2v) is 11.7. The molecule has 0 spiro atoms. The van der Waals surface area contributed by atoms with Crippen LogP contribution in [0.15, 0.2) is 24.3 Å². The van der Waals surface area contributed by atoms with Crippen LogP contribution in [0.5, 0.6) is 69.0 Å². The Balaban J connectivity index is 1.29. The maximum absolute atomic E-state index is 14.5. The second-order valence-electron chi connectivity index (χ2n) is 11.7. The van der Waals surface area contributed by atoms with Gasteiger partial charge in [-0.1, -0.05) is 0 Å². The smallest absolute Gasteiger partial charge is 0.339 e. The van der Waals surface area contributed by atoms with E-state index in [1.54, 1.807) is 12.1 Å². The standard InChI is InChI=1S/C37H32O17/c1-41-20-6-16(10-38)24(32-28(20)47-12-51-32)27-19(9-23(44-4)31-35(27)54-15-50-31)37(40)46-11-17-7-21(42-2)29-33(52-13-48-29)25(17)26-18(36(39)45-5)8-22(43-3)30-34(26)53-14-49-30/h6-9,38H,10-15H2,1-5H3. The Hall–Kier alpha value is -6.62. The summed E-state index contributed by atoms with van der Waals surface area (Å²) >= 11 is 0. The van der Waals surface area contributed by atoms with Gasteiger partial charge in [-0.15, -0.1) is 0 Å². The summed E-state index contributed by atoms with van der Waals surface area (Å²) in [7, 11) is 6.97. The van der Waals surface area contributed by atoms with E-state index in [2.05, 4.69) is 0 Å². The lowest BCUT2D eigenvalue weighted by Gasteiger charge is -2.21. The fourth-order valence-corrected chi connectivity index (χ4v) is 6.80. The molecule has 0 radical (unpaired) electrons. The molecule has 17 nitrogen and oxygen atoms in total. The van der Waals surface area contributed by atoms with Gasteiger partial charge in [0.25, 0.3) is 0 Å². The van der Waals surface area contributed by atoms with Crippen LogP contribution in [0.4, 0.5) is 0 Å². The van der Waals surface area contributed by atoms with Crippen LogP contribution in [-0.2, 0) is 22.7 Å². The molecular formula is C37H32O17. The van der Waals surface area contributed by atoms with Gasteiger partial charge in [0.15, 0.2) is 46.0 Å². The minimum atomic E-state index is -0.843. The van der Waals surface area contributed by atoms with Gasteiger partial charge in [0.1, 0.15) is 6.61 Å². The molecule has 0 aromatic heterocycles. The fourth-order valence-electron chi connectivity index (χ4n) is 6.80. The SMILES string of the molecule is COC(=O)c1cc(OC)c2c(c1-c1c(COC(=O)c3cc(OC)c4c(c3-c3c(CO)cc(OC)c5c3OCO5)OCO4)cc(OC)c3c1OCO3)OCO2. The van der Waals surface area contributed by atoms with E-state index in [1.165, 1.54) is 47.7 Å². The molecule has 8 rings (SSSR count). The lowest BCUT2D eigenvalue weighted by atomic mass is 9.91. The molecule has 4 aliphatic heterocycles. The molecule has 282 valence electrons. The van der Waals surface area contributed by atoms with Crippen molar-refractivity contribution >= 4 is 11.9 Å². The first-order chi connectivity index (χ1) is 26.4. The maximum Gasteiger partial charge on any atom is 0.339 e. The third kappa shape index (κ3) is 5.26. The minimum absolute atomic E-state index is 0.0275. The van der Waals surface area contributed by atoms with E-state index >= 15 is 0 Å². The van der Waals surface area contributed by atoms with E-state index < -0.39 is 25.2 Å². The van der Waals surface area contributed by atoms with Gasteiger partial charge in [0.05, 0.1) is 53.3 Å². The van der Waals surface area contributed by atoms with Gasteiger partial charge in [-0.05, 0) is 29.8 Å². The van der Waals surface area contributed by atoms with Crippen molar-refractivity contribution in [2.75, 3.05) is 62.7 Å². The first-order valence-corrected chi connectivity index (χ1v) is 16.2. The second kappa shape index (κ2) is 13.7. The highest BCUT2D eigenvalue weighted by atomic mass is 16.7. The van der Waals surface area contributed by atoms with E-state index in [1.807, 2.05) is 0 Å². The normalized spacial score (nSPS) is 13.8. The van der Waals surface area contributed by atoms with Crippen LogP contribution >= 0.6 is 0 Å². The number of aliphatic hydroxyl groups is 1. The molecular weight excluding hydrogens is 716 g/mol. The zero-order chi connectivity index (χ0) is 37.7. The van der Waals surface area contributed by atoms with Crippen molar-refractivity contribution in [1.82, 2.24) is 0 Å². The number of carbonyl (C=O) groups is 2. The Labute approximate surface area is 306 Å². The topological polar surface area (TPSA) is 184 Å². The molecule has 4 aromatic carbocycles. The number of carbonyl (C=O) groups excluding carboxylic acids is 2. The van der Waals surface area contributed by atoms with Crippen molar-refractivity contribution in [1.29, 1.82) is 0 Å². The van der Waals surface area contributed by atoms with Crippen LogP contribution in [0.25, 0.3) is 22.3 Å². The first kappa shape index (κ1) is 34.5. The van der Waals surface area contributed by atoms with E-state index in [0.717, 1.165) is 0 Å². The summed E-state index contributed by atoms with van der Waals surface area (Å²) in [5.41, 5.74) is 1.66. The van der Waals surface area contributed by atoms with Crippen LogP contribution in [-0.4, -0.2) is 79.8 Å². The molecule has 1 N–H and O–H groups in total. The van der Waals surface area contributed by atoms with E-state index in [4.69, 9.17) is 66.3 Å². The highest BCUT2D eigenvalue weighted by Gasteiger charge is 2.39. The number of methoxy groups -OCH3 is 5. The molecule has 4 aromatic rings. The Morgan fingerprint density at radius 2 is 0.852 bits per heavy atom. The van der Waals surface area contributed by atoms with Gasteiger partial charge >= 0.3 is 11.9 Å². The summed E-state index contributed by atoms with van der Waals surface area (Å²) in [6, 6.07) is 6.07. The van der Waals surface area contributed by atoms with E-state index in [9.17, 15) is 14.7 Å². The van der Waals surface area contributed by atoms with Gasteiger partial charge in [-0.3, -0.25) is 0 Å². The van der Waals surface area contributed by atoms with Crippen molar-refractivity contribution < 1.29 is 81.0 Å². The van der Waals surface area contributed by atoms with Crippen LogP contribution in [0.3, 0.4) is 0 Å². The first-order valence-electron chi connectivity index (χ1n) is 16.2. The quantitative estimate of drug-likeness (QED) is 0.210. The minimum Gasteiger partial charge on any atom is -0.493 e. The van der Waals surface area contributed by atoms with Crippen molar-refractivity contribution in [2.45, 2.75) is 13.2 Å². The third-order valence-electron chi connectivity index (χ3n) is 9.13. The lowest BCUT2D eigenvalue weighted by Crippen LogP contribution is -2.11. The summed E-state index contributed by atoms with van der Waals surface area (Å²) in [6.45, 7) is -1.54. The van der Waals surface area contributed by atoms with Gasteiger partial charge in [0, 0.05) is 27.8 Å². The van der Waals surface area contributed by atoms with Crippen LogP contribution in [0, 0.1) is 0 Å². The molecule has 0 atom stereocenters. The van der Waals surface area contributed by atoms with Crippen molar-refractivity contribution in [2.24, 2.45) is 0 Å². The summed E-state index contributed by atoms with van der Waals surface area (Å²) in [5.74, 6) is 1.14. The predicted molar refractivity (Wildman–Crippen MR) is 181 cm³/mol. The third-order valence-corrected chi connectivity index (χ3v) is 9.13. The summed E-state index contributed by atoms with van der Waals surface area (Å²) in [4.78, 5) is 27.8. The summed E-state index contributed by atoms with van der Waals surface area (Å²) < 4.78 is 80.0. The average molecular weight is 749 g/mol. The molecule has 0 fully saturated rings. The lowest BCUT2D eigenvalue weighted by molar-refractivity contribution is 0.0472. The molecule has 0 bridgehead atoms. The number of ether oxygens (including phenoxy) is 14. The van der Waals surface area contributed by atoms with Crippen molar-refractivity contribution in [3.05, 3.63) is 46.5 Å². The maximum atomic E-state index is 14.5. The molecule has 4 heterocycles. The largest absolute Gasteiger partial charge is 0.493 e. The number of hydrogen-bond donors (Lipinski definition) is 1. The summed E-state index contributed by atoms with van der Waals surface area (Å²) in [6.07, 6.45) is 0. The number of hydrogen-bond acceptors (Lipinski definition) is 17. The molecule has 54 heavy (non-hydrogen) atoms. The number of fused-ring (bicyclic) bond motifs is 4. The van der Waals surface area contributed by atoms with Gasteiger partial charge in [-0.25, -0.2) is 9.59 Å². The Morgan fingerprint density at radius 3 is 1.26 bits per heavy atom. The Bertz CT molecular complexity index is 2210. The van der Waals surface area contributed by atoms with Gasteiger partial charge in [-0.2, -0.15) is 0 Å².